The average Bonchev–Trinajstić information content (AvgIpc) is 2.87. The summed E-state index contributed by atoms with van der Waals surface area (Å²) in [5.41, 5.74) is 4.75. The molecule has 172 valence electrons. The molecule has 8 nitrogen and oxygen atoms in total. The maximum Gasteiger partial charge on any atom is 0.154 e. The lowest BCUT2D eigenvalue weighted by Crippen LogP contribution is -2.30. The number of ether oxygens (including phenoxy) is 2. The summed E-state index contributed by atoms with van der Waals surface area (Å²) >= 11 is 0. The van der Waals surface area contributed by atoms with Crippen LogP contribution in [0.1, 0.15) is 13.3 Å². The van der Waals surface area contributed by atoms with Crippen molar-refractivity contribution in [1.82, 2.24) is 20.3 Å². The molecule has 3 aromatic rings. The van der Waals surface area contributed by atoms with Crippen molar-refractivity contribution in [1.29, 1.82) is 0 Å². The lowest BCUT2D eigenvalue weighted by atomic mass is 10.1. The first kappa shape index (κ1) is 23.8. The number of morpholine rings is 1. The number of hydrogen-bond donors (Lipinski definition) is 2. The maximum absolute atomic E-state index is 5.23. The number of aromatic nitrogens is 3. The van der Waals surface area contributed by atoms with Crippen LogP contribution in [-0.2, 0) is 9.47 Å². The van der Waals surface area contributed by atoms with Crippen molar-refractivity contribution in [2.75, 3.05) is 70.4 Å². The van der Waals surface area contributed by atoms with Gasteiger partial charge in [-0.3, -0.25) is 4.98 Å². The third-order valence-corrected chi connectivity index (χ3v) is 5.13. The largest absolute Gasteiger partial charge is 0.383 e. The van der Waals surface area contributed by atoms with E-state index in [-0.39, 0.29) is 0 Å². The zero-order valence-corrected chi connectivity index (χ0v) is 19.3. The highest BCUT2D eigenvalue weighted by atomic mass is 16.5. The molecule has 32 heavy (non-hydrogen) atoms. The number of anilines is 2. The molecular formula is C24H34N6O2. The first-order chi connectivity index (χ1) is 15.8. The Morgan fingerprint density at radius 2 is 1.84 bits per heavy atom. The summed E-state index contributed by atoms with van der Waals surface area (Å²) in [7, 11) is 3.59. The molecule has 0 atom stereocenters. The summed E-state index contributed by atoms with van der Waals surface area (Å²) < 4.78 is 10.2. The van der Waals surface area contributed by atoms with Crippen LogP contribution >= 0.6 is 0 Å². The van der Waals surface area contributed by atoms with Gasteiger partial charge >= 0.3 is 0 Å². The first-order valence-electron chi connectivity index (χ1n) is 11.2. The zero-order valence-electron chi connectivity index (χ0n) is 19.3. The van der Waals surface area contributed by atoms with Gasteiger partial charge in [-0.1, -0.05) is 19.1 Å². The Balaban J connectivity index is 0.000000416. The van der Waals surface area contributed by atoms with Gasteiger partial charge in [-0.05, 0) is 24.6 Å². The predicted molar refractivity (Wildman–Crippen MR) is 130 cm³/mol. The molecule has 0 aliphatic carbocycles. The first-order valence-corrected chi connectivity index (χ1v) is 11.2. The molecule has 0 saturated carbocycles. The summed E-state index contributed by atoms with van der Waals surface area (Å²) in [5, 5.41) is 6.27. The number of methoxy groups -OCH3 is 1. The molecule has 0 amide bonds. The molecule has 4 rings (SSSR count). The van der Waals surface area contributed by atoms with E-state index in [9.17, 15) is 0 Å². The Labute approximate surface area is 190 Å². The van der Waals surface area contributed by atoms with E-state index in [1.165, 1.54) is 5.69 Å². The molecule has 1 aliphatic rings. The topological polar surface area (TPSA) is 84.4 Å². The summed E-state index contributed by atoms with van der Waals surface area (Å²) in [5.74, 6) is 0.738. The van der Waals surface area contributed by atoms with Crippen LogP contribution in [0.2, 0.25) is 0 Å². The molecule has 0 radical (unpaired) electrons. The molecule has 1 aromatic carbocycles. The smallest absolute Gasteiger partial charge is 0.154 e. The standard InChI is InChI=1S/C20H25N5O.C4H9NO/c1-4-11-25(12-13-26-3)16-7-5-15(6-8-16)17-14-18-19(20(21-2)24-17)23-10-9-22-18;1-3-6-4-2-5-1/h5-10,14H,4,11-13H2,1-3H3,(H,21,24);5H,1-4H2. The zero-order chi connectivity index (χ0) is 22.6. The fraction of sp³-hybridized carbons (Fsp3) is 0.458. The Kier molecular flexibility index (Phi) is 9.61. The normalized spacial score (nSPS) is 13.3. The highest BCUT2D eigenvalue weighted by Gasteiger charge is 2.10. The third kappa shape index (κ3) is 6.59. The molecule has 1 saturated heterocycles. The Morgan fingerprint density at radius 1 is 1.09 bits per heavy atom. The van der Waals surface area contributed by atoms with E-state index in [0.29, 0.717) is 0 Å². The van der Waals surface area contributed by atoms with Crippen LogP contribution in [0.5, 0.6) is 0 Å². The molecule has 2 N–H and O–H groups in total. The molecule has 8 heteroatoms. The summed E-state index contributed by atoms with van der Waals surface area (Å²) in [4.78, 5) is 15.8. The van der Waals surface area contributed by atoms with Crippen molar-refractivity contribution >= 4 is 22.5 Å². The number of hydrogen-bond acceptors (Lipinski definition) is 8. The van der Waals surface area contributed by atoms with Gasteiger partial charge in [0.15, 0.2) is 5.82 Å². The van der Waals surface area contributed by atoms with Crippen LogP contribution < -0.4 is 15.5 Å². The highest BCUT2D eigenvalue weighted by molar-refractivity contribution is 5.88. The second kappa shape index (κ2) is 12.9. The molecule has 3 heterocycles. The number of benzene rings is 1. The van der Waals surface area contributed by atoms with Crippen molar-refractivity contribution < 1.29 is 9.47 Å². The Morgan fingerprint density at radius 3 is 2.44 bits per heavy atom. The van der Waals surface area contributed by atoms with Crippen molar-refractivity contribution in [3.8, 4) is 11.3 Å². The molecule has 2 aromatic heterocycles. The predicted octanol–water partition coefficient (Wildman–Crippen LogP) is 3.20. The molecule has 0 spiro atoms. The van der Waals surface area contributed by atoms with Gasteiger partial charge in [-0.2, -0.15) is 0 Å². The van der Waals surface area contributed by atoms with Crippen molar-refractivity contribution in [2.24, 2.45) is 0 Å². The third-order valence-electron chi connectivity index (χ3n) is 5.13. The van der Waals surface area contributed by atoms with E-state index in [1.807, 2.05) is 13.1 Å². The van der Waals surface area contributed by atoms with Crippen molar-refractivity contribution in [3.63, 3.8) is 0 Å². The summed E-state index contributed by atoms with van der Waals surface area (Å²) in [6.45, 7) is 8.64. The van der Waals surface area contributed by atoms with Gasteiger partial charge in [-0.25, -0.2) is 9.97 Å². The number of fused-ring (bicyclic) bond motifs is 1. The van der Waals surface area contributed by atoms with E-state index >= 15 is 0 Å². The maximum atomic E-state index is 5.23. The monoisotopic (exact) mass is 438 g/mol. The lowest BCUT2D eigenvalue weighted by molar-refractivity contribution is 0.109. The van der Waals surface area contributed by atoms with Gasteiger partial charge < -0.3 is 25.0 Å². The quantitative estimate of drug-likeness (QED) is 0.555. The SMILES string of the molecule is C1COCCN1.CCCN(CCOC)c1ccc(-c2cc3nccnc3c(NC)n2)cc1. The van der Waals surface area contributed by atoms with E-state index in [1.54, 1.807) is 19.5 Å². The highest BCUT2D eigenvalue weighted by Crippen LogP contribution is 2.27. The molecule has 1 aliphatic heterocycles. The molecule has 1 fully saturated rings. The number of rotatable bonds is 8. The minimum absolute atomic E-state index is 0.720. The Hall–Kier alpha value is -2.81. The van der Waals surface area contributed by atoms with E-state index in [2.05, 4.69) is 56.7 Å². The summed E-state index contributed by atoms with van der Waals surface area (Å²) in [6, 6.07) is 10.5. The number of pyridine rings is 1. The van der Waals surface area contributed by atoms with Crippen LogP contribution in [0, 0.1) is 0 Å². The van der Waals surface area contributed by atoms with Crippen LogP contribution in [0.3, 0.4) is 0 Å². The van der Waals surface area contributed by atoms with Crippen LogP contribution in [0.25, 0.3) is 22.3 Å². The Bertz CT molecular complexity index is 935. The average molecular weight is 439 g/mol. The molecule has 0 unspecified atom stereocenters. The van der Waals surface area contributed by atoms with E-state index < -0.39 is 0 Å². The van der Waals surface area contributed by atoms with Crippen LogP contribution in [0.4, 0.5) is 11.5 Å². The minimum Gasteiger partial charge on any atom is -0.383 e. The fourth-order valence-electron chi connectivity index (χ4n) is 3.49. The van der Waals surface area contributed by atoms with Crippen molar-refractivity contribution in [3.05, 3.63) is 42.7 Å². The van der Waals surface area contributed by atoms with Gasteiger partial charge in [0, 0.05) is 64.0 Å². The molecule has 0 bridgehead atoms. The number of nitrogens with one attached hydrogen (secondary N) is 2. The molecular weight excluding hydrogens is 404 g/mol. The lowest BCUT2D eigenvalue weighted by Gasteiger charge is -2.24. The van der Waals surface area contributed by atoms with Crippen LogP contribution in [0.15, 0.2) is 42.7 Å². The van der Waals surface area contributed by atoms with Gasteiger partial charge in [0.2, 0.25) is 0 Å². The summed E-state index contributed by atoms with van der Waals surface area (Å²) in [6.07, 6.45) is 4.48. The van der Waals surface area contributed by atoms with E-state index in [0.717, 1.165) is 80.5 Å². The van der Waals surface area contributed by atoms with Gasteiger partial charge in [0.1, 0.15) is 5.52 Å². The van der Waals surface area contributed by atoms with Gasteiger partial charge in [0.05, 0.1) is 31.0 Å². The van der Waals surface area contributed by atoms with Gasteiger partial charge in [-0.15, -0.1) is 0 Å². The minimum atomic E-state index is 0.720. The second-order valence-corrected chi connectivity index (χ2v) is 7.42. The van der Waals surface area contributed by atoms with Gasteiger partial charge in [0.25, 0.3) is 0 Å². The van der Waals surface area contributed by atoms with Crippen LogP contribution in [-0.4, -0.2) is 75.1 Å². The second-order valence-electron chi connectivity index (χ2n) is 7.42. The number of nitrogens with zero attached hydrogens (tertiary/aromatic N) is 4. The van der Waals surface area contributed by atoms with E-state index in [4.69, 9.17) is 14.5 Å². The van der Waals surface area contributed by atoms with Crippen molar-refractivity contribution in [2.45, 2.75) is 13.3 Å². The fourth-order valence-corrected chi connectivity index (χ4v) is 3.49.